The molecule has 2 unspecified atom stereocenters. The first-order valence-electron chi connectivity index (χ1n) is 8.62. The molecule has 0 amide bonds. The number of carbonyl (C=O) groups is 2. The van der Waals surface area contributed by atoms with Gasteiger partial charge in [-0.2, -0.15) is 13.7 Å². The third-order valence-corrected chi connectivity index (χ3v) is 7.83. The summed E-state index contributed by atoms with van der Waals surface area (Å²) < 4.78 is 32.1. The summed E-state index contributed by atoms with van der Waals surface area (Å²) in [6, 6.07) is 7.63. The van der Waals surface area contributed by atoms with E-state index in [-0.39, 0.29) is 36.3 Å². The van der Waals surface area contributed by atoms with E-state index < -0.39 is 32.7 Å². The van der Waals surface area contributed by atoms with Crippen molar-refractivity contribution in [3.63, 3.8) is 0 Å². The van der Waals surface area contributed by atoms with Gasteiger partial charge < -0.3 is 10.2 Å². The van der Waals surface area contributed by atoms with Crippen LogP contribution in [0.25, 0.3) is 0 Å². The zero-order valence-electron chi connectivity index (χ0n) is 16.0. The molecule has 0 spiro atoms. The van der Waals surface area contributed by atoms with E-state index in [1.807, 2.05) is 0 Å². The number of thiocarbonyl (C=S) groups is 1. The van der Waals surface area contributed by atoms with E-state index in [0.29, 0.717) is 9.09 Å². The molecule has 30 heavy (non-hydrogen) atoms. The van der Waals surface area contributed by atoms with Crippen LogP contribution in [0.2, 0.25) is 0 Å². The van der Waals surface area contributed by atoms with Gasteiger partial charge in [0.1, 0.15) is 3.53 Å². The van der Waals surface area contributed by atoms with E-state index in [4.69, 9.17) is 27.0 Å². The number of carboxylic acids is 2. The average Bonchev–Trinajstić information content (AvgIpc) is 2.65. The van der Waals surface area contributed by atoms with Crippen LogP contribution in [0.4, 0.5) is 0 Å². The van der Waals surface area contributed by atoms with E-state index in [1.165, 1.54) is 47.8 Å². The van der Waals surface area contributed by atoms with Gasteiger partial charge in [-0.05, 0) is 37.5 Å². The first kappa shape index (κ1) is 26.4. The number of hydrogen-bond donors (Lipinski definition) is 3. The van der Waals surface area contributed by atoms with Crippen LogP contribution in [-0.2, 0) is 19.7 Å². The molecule has 8 nitrogen and oxygen atoms in total. The molecule has 1 aromatic rings. The Morgan fingerprint density at radius 1 is 1.20 bits per heavy atom. The van der Waals surface area contributed by atoms with Crippen LogP contribution in [0.3, 0.4) is 0 Å². The van der Waals surface area contributed by atoms with Crippen LogP contribution < -0.4 is 0 Å². The van der Waals surface area contributed by atoms with Crippen LogP contribution in [-0.4, -0.2) is 44.4 Å². The number of benzene rings is 1. The number of thioether (sulfide) groups is 2. The molecule has 0 fully saturated rings. The van der Waals surface area contributed by atoms with Crippen molar-refractivity contribution in [3.05, 3.63) is 29.8 Å². The number of nitriles is 1. The summed E-state index contributed by atoms with van der Waals surface area (Å²) in [6.45, 7) is 1.65. The molecule has 0 bridgehead atoms. The summed E-state index contributed by atoms with van der Waals surface area (Å²) in [5.74, 6) is -1.68. The molecule has 0 aliphatic carbocycles. The van der Waals surface area contributed by atoms with E-state index in [9.17, 15) is 23.3 Å². The van der Waals surface area contributed by atoms with E-state index in [1.54, 1.807) is 6.92 Å². The van der Waals surface area contributed by atoms with Crippen molar-refractivity contribution in [2.75, 3.05) is 5.75 Å². The first-order valence-corrected chi connectivity index (χ1v) is 12.3. The molecule has 3 N–H and O–H groups in total. The van der Waals surface area contributed by atoms with Gasteiger partial charge in [0.25, 0.3) is 10.1 Å². The third-order valence-electron chi connectivity index (χ3n) is 4.12. The summed E-state index contributed by atoms with van der Waals surface area (Å²) in [7, 11) is -4.36. The quantitative estimate of drug-likeness (QED) is 0.304. The maximum atomic E-state index is 11.3. The SMILES string of the molecule is CC(C#N)(CCC(=O)O)CC(SC(=S)SCCC(=O)O)c1ccc(S(=O)(=O)O)cc1. The number of hydrogen-bond acceptors (Lipinski definition) is 8. The smallest absolute Gasteiger partial charge is 0.304 e. The Morgan fingerprint density at radius 2 is 1.77 bits per heavy atom. The summed E-state index contributed by atoms with van der Waals surface area (Å²) in [5, 5.41) is 26.9. The molecular weight excluding hydrogens is 470 g/mol. The molecule has 0 aromatic heterocycles. The fourth-order valence-electron chi connectivity index (χ4n) is 2.45. The van der Waals surface area contributed by atoms with Gasteiger partial charge in [-0.25, -0.2) is 0 Å². The second-order valence-corrected chi connectivity index (χ2v) is 11.6. The molecule has 2 atom stereocenters. The van der Waals surface area contributed by atoms with Gasteiger partial charge in [-0.1, -0.05) is 36.1 Å². The van der Waals surface area contributed by atoms with Crippen molar-refractivity contribution in [2.45, 2.75) is 42.8 Å². The van der Waals surface area contributed by atoms with Crippen molar-refractivity contribution in [2.24, 2.45) is 5.41 Å². The lowest BCUT2D eigenvalue weighted by molar-refractivity contribution is -0.138. The Kier molecular flexibility index (Phi) is 10.3. The monoisotopic (exact) mass is 491 g/mol. The number of nitrogens with zero attached hydrogens (tertiary/aromatic N) is 1. The highest BCUT2D eigenvalue weighted by atomic mass is 32.2. The third kappa shape index (κ3) is 9.44. The highest BCUT2D eigenvalue weighted by Crippen LogP contribution is 2.44. The van der Waals surface area contributed by atoms with E-state index in [2.05, 4.69) is 6.07 Å². The van der Waals surface area contributed by atoms with Gasteiger partial charge in [0, 0.05) is 17.4 Å². The second-order valence-electron chi connectivity index (χ2n) is 6.66. The first-order chi connectivity index (χ1) is 13.9. The van der Waals surface area contributed by atoms with Gasteiger partial charge in [-0.3, -0.25) is 14.1 Å². The molecule has 12 heteroatoms. The zero-order valence-corrected chi connectivity index (χ0v) is 19.2. The minimum absolute atomic E-state index is 0.0619. The summed E-state index contributed by atoms with van der Waals surface area (Å²) >= 11 is 7.74. The fourth-order valence-corrected chi connectivity index (χ4v) is 5.82. The maximum Gasteiger partial charge on any atom is 0.304 e. The highest BCUT2D eigenvalue weighted by Gasteiger charge is 2.31. The molecule has 0 saturated carbocycles. The molecule has 0 heterocycles. The average molecular weight is 492 g/mol. The van der Waals surface area contributed by atoms with Crippen LogP contribution in [0.15, 0.2) is 29.2 Å². The molecule has 1 aromatic carbocycles. The largest absolute Gasteiger partial charge is 0.481 e. The summed E-state index contributed by atoms with van der Waals surface area (Å²) in [6.07, 6.45) is 0.124. The lowest BCUT2D eigenvalue weighted by Gasteiger charge is -2.27. The Morgan fingerprint density at radius 3 is 2.23 bits per heavy atom. The highest BCUT2D eigenvalue weighted by molar-refractivity contribution is 8.47. The molecule has 0 aliphatic rings. The lowest BCUT2D eigenvalue weighted by Crippen LogP contribution is -2.19. The Bertz CT molecular complexity index is 925. The molecule has 0 radical (unpaired) electrons. The Hall–Kier alpha value is -1.65. The number of aliphatic carboxylic acids is 2. The van der Waals surface area contributed by atoms with Crippen molar-refractivity contribution < 1.29 is 32.8 Å². The molecule has 0 saturated heterocycles. The molecule has 0 aliphatic heterocycles. The van der Waals surface area contributed by atoms with Crippen LogP contribution in [0.1, 0.15) is 43.4 Å². The minimum atomic E-state index is -4.36. The second kappa shape index (κ2) is 11.7. The minimum Gasteiger partial charge on any atom is -0.481 e. The molecule has 1 rings (SSSR count). The standard InChI is InChI=1S/C18H21NO7S4/c1-18(11-19,8-6-15(20)21)10-14(29-17(27)28-9-7-16(22)23)12-2-4-13(5-3-12)30(24,25)26/h2-5,14H,6-10H2,1H3,(H,20,21)(H,22,23)(H,24,25,26). The normalized spacial score (nSPS) is 14.3. The van der Waals surface area contributed by atoms with Crippen LogP contribution >= 0.6 is 35.7 Å². The van der Waals surface area contributed by atoms with Gasteiger partial charge in [-0.15, -0.1) is 11.8 Å². The predicted molar refractivity (Wildman–Crippen MR) is 119 cm³/mol. The molecule has 164 valence electrons. The predicted octanol–water partition coefficient (Wildman–Crippen LogP) is 3.99. The van der Waals surface area contributed by atoms with Crippen LogP contribution in [0.5, 0.6) is 0 Å². The van der Waals surface area contributed by atoms with Gasteiger partial charge in [0.05, 0.1) is 22.8 Å². The fraction of sp³-hybridized carbons (Fsp3) is 0.444. The Labute approximate surface area is 188 Å². The van der Waals surface area contributed by atoms with E-state index >= 15 is 0 Å². The molecular formula is C18H21NO7S4. The number of carboxylic acid groups (broad SMARTS) is 2. The zero-order chi connectivity index (χ0) is 22.9. The topological polar surface area (TPSA) is 153 Å². The van der Waals surface area contributed by atoms with Gasteiger partial charge in [0.2, 0.25) is 0 Å². The van der Waals surface area contributed by atoms with Crippen LogP contribution in [0, 0.1) is 16.7 Å². The van der Waals surface area contributed by atoms with Crippen molar-refractivity contribution in [1.29, 1.82) is 5.26 Å². The maximum absolute atomic E-state index is 11.3. The lowest BCUT2D eigenvalue weighted by atomic mass is 9.81. The van der Waals surface area contributed by atoms with E-state index in [0.717, 1.165) is 0 Å². The number of rotatable bonds is 11. The summed E-state index contributed by atoms with van der Waals surface area (Å²) in [5.41, 5.74) is -0.329. The van der Waals surface area contributed by atoms with Crippen molar-refractivity contribution in [3.8, 4) is 6.07 Å². The Balaban J connectivity index is 3.09. The van der Waals surface area contributed by atoms with Crippen molar-refractivity contribution >= 4 is 61.3 Å². The summed E-state index contributed by atoms with van der Waals surface area (Å²) in [4.78, 5) is 21.3. The van der Waals surface area contributed by atoms with Gasteiger partial charge in [0.15, 0.2) is 0 Å². The van der Waals surface area contributed by atoms with Gasteiger partial charge >= 0.3 is 11.9 Å². The van der Waals surface area contributed by atoms with Crippen molar-refractivity contribution in [1.82, 2.24) is 0 Å².